The third-order valence-electron chi connectivity index (χ3n) is 1.15. The smallest absolute Gasteiger partial charge is 0.351 e. The van der Waals surface area contributed by atoms with Crippen molar-refractivity contribution in [3.05, 3.63) is 0 Å². The Hall–Kier alpha value is 0.430. The van der Waals surface area contributed by atoms with E-state index in [0.29, 0.717) is 0 Å². The molecule has 2 atom stereocenters. The summed E-state index contributed by atoms with van der Waals surface area (Å²) in [6.45, 7) is 0. The molecule has 0 spiro atoms. The van der Waals surface area contributed by atoms with Crippen LogP contribution in [0, 0.1) is 0 Å². The molecule has 0 saturated carbocycles. The lowest BCUT2D eigenvalue weighted by molar-refractivity contribution is -0.356. The standard InChI is InChI=1S/C4HBr2F7O/c5-1(7,3(6,9)10)2(8,14)4(11,12)13/h14H. The molecule has 0 bridgehead atoms. The molecule has 0 aliphatic carbocycles. The van der Waals surface area contributed by atoms with Crippen LogP contribution in [0.3, 0.4) is 0 Å². The van der Waals surface area contributed by atoms with Gasteiger partial charge in [0, 0.05) is 0 Å². The van der Waals surface area contributed by atoms with Gasteiger partial charge in [-0.15, -0.1) is 0 Å². The van der Waals surface area contributed by atoms with Crippen LogP contribution in [0.25, 0.3) is 0 Å². The van der Waals surface area contributed by atoms with Crippen LogP contribution in [-0.2, 0) is 0 Å². The van der Waals surface area contributed by atoms with Gasteiger partial charge in [-0.3, -0.25) is 0 Å². The summed E-state index contributed by atoms with van der Waals surface area (Å²) in [5, 5.41) is 7.99. The summed E-state index contributed by atoms with van der Waals surface area (Å²) in [4.78, 5) is -4.95. The van der Waals surface area contributed by atoms with Crippen molar-refractivity contribution in [1.29, 1.82) is 0 Å². The summed E-state index contributed by atoms with van der Waals surface area (Å²) in [5.41, 5.74) is 0. The Balaban J connectivity index is 5.30. The average Bonchev–Trinajstić information content (AvgIpc) is 1.81. The molecule has 0 radical (unpaired) electrons. The number of hydrogen-bond donors (Lipinski definition) is 1. The van der Waals surface area contributed by atoms with Crippen LogP contribution in [0.2, 0.25) is 0 Å². The molecule has 0 aromatic carbocycles. The molecule has 0 rings (SSSR count). The number of aliphatic hydroxyl groups is 1. The van der Waals surface area contributed by atoms with Crippen molar-refractivity contribution in [1.82, 2.24) is 0 Å². The van der Waals surface area contributed by atoms with Gasteiger partial charge in [0.05, 0.1) is 0 Å². The van der Waals surface area contributed by atoms with E-state index in [0.717, 1.165) is 15.9 Å². The van der Waals surface area contributed by atoms with Gasteiger partial charge >= 0.3 is 21.4 Å². The van der Waals surface area contributed by atoms with Crippen molar-refractivity contribution in [2.45, 2.75) is 21.4 Å². The maximum absolute atomic E-state index is 12.6. The average molecular weight is 358 g/mol. The van der Waals surface area contributed by atoms with Gasteiger partial charge in [-0.2, -0.15) is 26.3 Å². The number of hydrogen-bond acceptors (Lipinski definition) is 1. The zero-order valence-electron chi connectivity index (χ0n) is 5.85. The fourth-order valence-electron chi connectivity index (χ4n) is 0.366. The highest BCUT2D eigenvalue weighted by molar-refractivity contribution is 9.12. The Labute approximate surface area is 89.5 Å². The quantitative estimate of drug-likeness (QED) is 0.594. The Morgan fingerprint density at radius 2 is 1.07 bits per heavy atom. The van der Waals surface area contributed by atoms with Crippen molar-refractivity contribution in [2.75, 3.05) is 0 Å². The van der Waals surface area contributed by atoms with Crippen LogP contribution >= 0.6 is 31.9 Å². The SMILES string of the molecule is OC(F)(C(F)(F)F)C(F)(Br)C(F)(F)Br. The summed E-state index contributed by atoms with van der Waals surface area (Å²) in [7, 11) is 0. The zero-order chi connectivity index (χ0) is 12.0. The van der Waals surface area contributed by atoms with Crippen LogP contribution < -0.4 is 0 Å². The molecule has 0 aliphatic rings. The minimum absolute atomic E-state index is 1.15. The maximum Gasteiger partial charge on any atom is 0.452 e. The van der Waals surface area contributed by atoms with Crippen molar-refractivity contribution in [2.24, 2.45) is 0 Å². The molecule has 0 aliphatic heterocycles. The molecular formula is C4HBr2F7O. The van der Waals surface area contributed by atoms with E-state index in [2.05, 4.69) is 0 Å². The second-order valence-electron chi connectivity index (χ2n) is 2.19. The first-order chi connectivity index (χ1) is 5.75. The lowest BCUT2D eigenvalue weighted by Gasteiger charge is -2.34. The van der Waals surface area contributed by atoms with Crippen molar-refractivity contribution >= 4 is 31.9 Å². The molecule has 0 heterocycles. The van der Waals surface area contributed by atoms with E-state index in [-0.39, 0.29) is 0 Å². The Morgan fingerprint density at radius 1 is 0.786 bits per heavy atom. The second kappa shape index (κ2) is 3.48. The van der Waals surface area contributed by atoms with Gasteiger partial charge < -0.3 is 5.11 Å². The van der Waals surface area contributed by atoms with E-state index in [4.69, 9.17) is 5.11 Å². The largest absolute Gasteiger partial charge is 0.452 e. The predicted octanol–water partition coefficient (Wildman–Crippen LogP) is 3.26. The number of alkyl halides is 9. The zero-order valence-corrected chi connectivity index (χ0v) is 9.02. The molecule has 0 saturated heterocycles. The Bertz CT molecular complexity index is 193. The monoisotopic (exact) mass is 356 g/mol. The van der Waals surface area contributed by atoms with Gasteiger partial charge in [0.25, 0.3) is 0 Å². The van der Waals surface area contributed by atoms with Crippen molar-refractivity contribution in [3.8, 4) is 0 Å². The van der Waals surface area contributed by atoms with Gasteiger partial charge in [0.1, 0.15) is 0 Å². The summed E-state index contributed by atoms with van der Waals surface area (Å²) < 4.78 is 79.1. The van der Waals surface area contributed by atoms with Crippen LogP contribution in [0.15, 0.2) is 0 Å². The second-order valence-corrected chi connectivity index (χ2v) is 4.28. The fraction of sp³-hybridized carbons (Fsp3) is 1.00. The molecule has 0 aromatic heterocycles. The van der Waals surface area contributed by atoms with Crippen molar-refractivity contribution in [3.63, 3.8) is 0 Å². The van der Waals surface area contributed by atoms with Gasteiger partial charge in [0.2, 0.25) is 0 Å². The molecule has 0 fully saturated rings. The summed E-state index contributed by atoms with van der Waals surface area (Å²) >= 11 is 2.32. The summed E-state index contributed by atoms with van der Waals surface area (Å²) in [5.74, 6) is -5.73. The minimum atomic E-state index is -6.21. The van der Waals surface area contributed by atoms with Gasteiger partial charge in [0.15, 0.2) is 0 Å². The van der Waals surface area contributed by atoms with Crippen LogP contribution in [0.5, 0.6) is 0 Å². The first kappa shape index (κ1) is 14.4. The summed E-state index contributed by atoms with van der Waals surface area (Å²) in [6, 6.07) is 0. The van der Waals surface area contributed by atoms with E-state index in [1.54, 1.807) is 0 Å². The molecule has 1 nitrogen and oxygen atoms in total. The van der Waals surface area contributed by atoms with Gasteiger partial charge in [-0.25, -0.2) is 4.39 Å². The first-order valence-electron chi connectivity index (χ1n) is 2.67. The molecular weight excluding hydrogens is 357 g/mol. The van der Waals surface area contributed by atoms with Crippen LogP contribution in [-0.4, -0.2) is 26.5 Å². The minimum Gasteiger partial charge on any atom is -0.351 e. The highest BCUT2D eigenvalue weighted by Crippen LogP contribution is 2.55. The van der Waals surface area contributed by atoms with E-state index in [1.807, 2.05) is 0 Å². The normalized spacial score (nSPS) is 22.7. The molecule has 0 amide bonds. The van der Waals surface area contributed by atoms with E-state index >= 15 is 0 Å². The van der Waals surface area contributed by atoms with E-state index in [9.17, 15) is 30.7 Å². The van der Waals surface area contributed by atoms with Gasteiger partial charge in [-0.1, -0.05) is 0 Å². The van der Waals surface area contributed by atoms with Crippen LogP contribution in [0.1, 0.15) is 0 Å². The fourth-order valence-corrected chi connectivity index (χ4v) is 0.853. The van der Waals surface area contributed by atoms with Crippen LogP contribution in [0.4, 0.5) is 30.7 Å². The molecule has 86 valence electrons. The topological polar surface area (TPSA) is 20.2 Å². The van der Waals surface area contributed by atoms with E-state index in [1.165, 1.54) is 15.9 Å². The lowest BCUT2D eigenvalue weighted by atomic mass is 10.2. The Morgan fingerprint density at radius 3 is 1.14 bits per heavy atom. The number of halogens is 9. The lowest BCUT2D eigenvalue weighted by Crippen LogP contribution is -2.60. The van der Waals surface area contributed by atoms with Crippen molar-refractivity contribution < 1.29 is 35.8 Å². The molecule has 0 aromatic rings. The third-order valence-corrected chi connectivity index (χ3v) is 3.25. The number of rotatable bonds is 2. The maximum atomic E-state index is 12.6. The van der Waals surface area contributed by atoms with Gasteiger partial charge in [-0.05, 0) is 31.9 Å². The summed E-state index contributed by atoms with van der Waals surface area (Å²) in [6.07, 6.45) is -6.21. The molecule has 1 N–H and O–H groups in total. The highest BCUT2D eigenvalue weighted by Gasteiger charge is 2.77. The first-order valence-corrected chi connectivity index (χ1v) is 4.26. The Kier molecular flexibility index (Phi) is 3.58. The molecule has 10 heteroatoms. The molecule has 2 unspecified atom stereocenters. The predicted molar refractivity (Wildman–Crippen MR) is 38.8 cm³/mol. The molecule has 14 heavy (non-hydrogen) atoms. The third kappa shape index (κ3) is 2.16. The highest BCUT2D eigenvalue weighted by atomic mass is 79.9. The van der Waals surface area contributed by atoms with E-state index < -0.39 is 21.4 Å².